The second kappa shape index (κ2) is 6.61. The largest absolute Gasteiger partial charge is 0.324 e. The molecule has 3 N–H and O–H groups in total. The number of aromatic nitrogens is 3. The molecule has 0 aliphatic rings. The van der Waals surface area contributed by atoms with Crippen molar-refractivity contribution >= 4 is 32.7 Å². The molecule has 0 aliphatic carbocycles. The van der Waals surface area contributed by atoms with Crippen molar-refractivity contribution in [3.05, 3.63) is 52.9 Å². The van der Waals surface area contributed by atoms with Gasteiger partial charge in [-0.05, 0) is 36.8 Å². The molecule has 9 heteroatoms. The molecular weight excluding hydrogens is 342 g/mol. The van der Waals surface area contributed by atoms with Crippen molar-refractivity contribution in [2.45, 2.75) is 24.8 Å². The highest BCUT2D eigenvalue weighted by Crippen LogP contribution is 2.18. The Balaban J connectivity index is 1.96. The van der Waals surface area contributed by atoms with Gasteiger partial charge in [0.1, 0.15) is 5.65 Å². The third kappa shape index (κ3) is 3.67. The molecule has 0 fully saturated rings. The van der Waals surface area contributed by atoms with E-state index in [-0.39, 0.29) is 10.5 Å². The minimum atomic E-state index is -3.74. The van der Waals surface area contributed by atoms with Crippen LogP contribution in [0.3, 0.4) is 0 Å². The number of nitrogens with zero attached hydrogens (tertiary/aromatic N) is 3. The van der Waals surface area contributed by atoms with Crippen molar-refractivity contribution < 1.29 is 8.42 Å². The topological polar surface area (TPSA) is 120 Å². The number of nitrogens with one attached hydrogen (secondary N) is 1. The Morgan fingerprint density at radius 2 is 1.88 bits per heavy atom. The summed E-state index contributed by atoms with van der Waals surface area (Å²) < 4.78 is 24.2. The lowest BCUT2D eigenvalue weighted by Crippen LogP contribution is -2.20. The van der Waals surface area contributed by atoms with Crippen molar-refractivity contribution in [2.24, 2.45) is 5.14 Å². The van der Waals surface area contributed by atoms with Gasteiger partial charge in [-0.15, -0.1) is 0 Å². The van der Waals surface area contributed by atoms with Crippen molar-refractivity contribution in [2.75, 3.05) is 5.32 Å². The van der Waals surface area contributed by atoms with E-state index in [0.717, 1.165) is 11.8 Å². The van der Waals surface area contributed by atoms with E-state index in [2.05, 4.69) is 15.3 Å². The number of hydrogen-bond donors (Lipinski definition) is 2. The Morgan fingerprint density at radius 1 is 1.16 bits per heavy atom. The second-order valence-electron chi connectivity index (χ2n) is 5.49. The maximum absolute atomic E-state index is 12.0. The molecular formula is C16H17N5O3S. The minimum absolute atomic E-state index is 0.0225. The summed E-state index contributed by atoms with van der Waals surface area (Å²) >= 11 is 0. The first-order valence-electron chi connectivity index (χ1n) is 7.65. The Morgan fingerprint density at radius 3 is 2.52 bits per heavy atom. The number of sulfonamides is 1. The van der Waals surface area contributed by atoms with E-state index in [0.29, 0.717) is 23.8 Å². The van der Waals surface area contributed by atoms with Crippen LogP contribution < -0.4 is 16.0 Å². The van der Waals surface area contributed by atoms with Crippen LogP contribution in [0.2, 0.25) is 0 Å². The Kier molecular flexibility index (Phi) is 4.51. The van der Waals surface area contributed by atoms with E-state index in [1.165, 1.54) is 18.2 Å². The van der Waals surface area contributed by atoms with Crippen molar-refractivity contribution in [1.29, 1.82) is 0 Å². The Hall–Kier alpha value is -2.78. The van der Waals surface area contributed by atoms with Crippen molar-refractivity contribution in [3.63, 3.8) is 0 Å². The molecule has 0 amide bonds. The highest BCUT2D eigenvalue weighted by atomic mass is 32.2. The quantitative estimate of drug-likeness (QED) is 0.714. The van der Waals surface area contributed by atoms with E-state index < -0.39 is 10.0 Å². The molecule has 0 unspecified atom stereocenters. The van der Waals surface area contributed by atoms with Gasteiger partial charge in [0.2, 0.25) is 16.0 Å². The first kappa shape index (κ1) is 17.1. The number of benzene rings is 1. The lowest BCUT2D eigenvalue weighted by molar-refractivity contribution is 0.598. The van der Waals surface area contributed by atoms with Gasteiger partial charge >= 0.3 is 0 Å². The monoisotopic (exact) mass is 359 g/mol. The van der Waals surface area contributed by atoms with Gasteiger partial charge in [0, 0.05) is 29.9 Å². The molecule has 3 rings (SSSR count). The predicted molar refractivity (Wildman–Crippen MR) is 95.2 cm³/mol. The molecule has 0 aliphatic heterocycles. The molecule has 0 atom stereocenters. The Bertz CT molecular complexity index is 1080. The first-order valence-corrected chi connectivity index (χ1v) is 9.19. The van der Waals surface area contributed by atoms with E-state index in [4.69, 9.17) is 5.14 Å². The molecule has 130 valence electrons. The van der Waals surface area contributed by atoms with Crippen LogP contribution in [0, 0.1) is 0 Å². The lowest BCUT2D eigenvalue weighted by atomic mass is 10.3. The van der Waals surface area contributed by atoms with Crippen LogP contribution in [0.5, 0.6) is 0 Å². The third-order valence-electron chi connectivity index (χ3n) is 3.61. The van der Waals surface area contributed by atoms with Crippen LogP contribution in [-0.4, -0.2) is 23.0 Å². The number of anilines is 2. The molecule has 2 heterocycles. The summed E-state index contributed by atoms with van der Waals surface area (Å²) in [5.41, 5.74) is 1.04. The van der Waals surface area contributed by atoms with Crippen molar-refractivity contribution in [3.8, 4) is 0 Å². The zero-order valence-corrected chi connectivity index (χ0v) is 14.3. The maximum atomic E-state index is 12.0. The molecule has 3 aromatic rings. The van der Waals surface area contributed by atoms with Crippen LogP contribution in [0.1, 0.15) is 13.3 Å². The summed E-state index contributed by atoms with van der Waals surface area (Å²) in [6.07, 6.45) is 2.44. The SMILES string of the molecule is CCCn1c(=O)ccc2cnc(Nc3ccc(S(N)(=O)=O)cc3)nc21. The molecule has 0 spiro atoms. The summed E-state index contributed by atoms with van der Waals surface area (Å²) in [6.45, 7) is 2.55. The van der Waals surface area contributed by atoms with Crippen LogP contribution >= 0.6 is 0 Å². The summed E-state index contributed by atoms with van der Waals surface area (Å²) in [7, 11) is -3.74. The van der Waals surface area contributed by atoms with Gasteiger partial charge in [-0.2, -0.15) is 4.98 Å². The molecule has 2 aromatic heterocycles. The number of nitrogens with two attached hydrogens (primary N) is 1. The summed E-state index contributed by atoms with van der Waals surface area (Å²) in [4.78, 5) is 20.7. The molecule has 8 nitrogen and oxygen atoms in total. The number of hydrogen-bond acceptors (Lipinski definition) is 6. The Labute approximate surface area is 144 Å². The van der Waals surface area contributed by atoms with Crippen LogP contribution in [-0.2, 0) is 16.6 Å². The van der Waals surface area contributed by atoms with Crippen molar-refractivity contribution in [1.82, 2.24) is 14.5 Å². The standard InChI is InChI=1S/C16H17N5O3S/c1-2-9-21-14(22)8-3-11-10-18-16(20-15(11)21)19-12-4-6-13(7-5-12)25(17,23)24/h3-8,10H,2,9H2,1H3,(H2,17,23,24)(H,18,19,20). The fourth-order valence-corrected chi connectivity index (χ4v) is 2.94. The van der Waals surface area contributed by atoms with Gasteiger partial charge in [-0.1, -0.05) is 6.92 Å². The van der Waals surface area contributed by atoms with E-state index >= 15 is 0 Å². The van der Waals surface area contributed by atoms with Gasteiger partial charge in [-0.25, -0.2) is 18.5 Å². The number of pyridine rings is 1. The number of primary sulfonamides is 1. The fourth-order valence-electron chi connectivity index (χ4n) is 2.43. The van der Waals surface area contributed by atoms with Gasteiger partial charge in [-0.3, -0.25) is 9.36 Å². The van der Waals surface area contributed by atoms with Crippen LogP contribution in [0.25, 0.3) is 11.0 Å². The molecule has 0 bridgehead atoms. The predicted octanol–water partition coefficient (Wildman–Crippen LogP) is 1.59. The molecule has 0 radical (unpaired) electrons. The minimum Gasteiger partial charge on any atom is -0.324 e. The highest BCUT2D eigenvalue weighted by Gasteiger charge is 2.09. The van der Waals surface area contributed by atoms with E-state index in [9.17, 15) is 13.2 Å². The summed E-state index contributed by atoms with van der Waals surface area (Å²) in [5, 5.41) is 8.83. The maximum Gasteiger partial charge on any atom is 0.252 e. The van der Waals surface area contributed by atoms with Gasteiger partial charge in [0.05, 0.1) is 4.90 Å². The number of rotatable bonds is 5. The molecule has 0 saturated heterocycles. The average molecular weight is 359 g/mol. The van der Waals surface area contributed by atoms with Crippen LogP contribution in [0.15, 0.2) is 52.3 Å². The van der Waals surface area contributed by atoms with Crippen LogP contribution in [0.4, 0.5) is 11.6 Å². The van der Waals surface area contributed by atoms with Gasteiger partial charge in [0.15, 0.2) is 0 Å². The average Bonchev–Trinajstić information content (AvgIpc) is 2.57. The van der Waals surface area contributed by atoms with Gasteiger partial charge in [0.25, 0.3) is 5.56 Å². The smallest absolute Gasteiger partial charge is 0.252 e. The zero-order valence-electron chi connectivity index (χ0n) is 13.5. The number of fused-ring (bicyclic) bond motifs is 1. The lowest BCUT2D eigenvalue weighted by Gasteiger charge is -2.10. The molecule has 25 heavy (non-hydrogen) atoms. The fraction of sp³-hybridized carbons (Fsp3) is 0.188. The normalized spacial score (nSPS) is 11.6. The van der Waals surface area contributed by atoms with E-state index in [1.54, 1.807) is 29.0 Å². The summed E-state index contributed by atoms with van der Waals surface area (Å²) in [6, 6.07) is 9.11. The van der Waals surface area contributed by atoms with E-state index in [1.807, 2.05) is 6.92 Å². The number of aryl methyl sites for hydroxylation is 1. The highest BCUT2D eigenvalue weighted by molar-refractivity contribution is 7.89. The summed E-state index contributed by atoms with van der Waals surface area (Å²) in [5.74, 6) is 0.311. The molecule has 0 saturated carbocycles. The third-order valence-corrected chi connectivity index (χ3v) is 4.54. The first-order chi connectivity index (χ1) is 11.9. The zero-order chi connectivity index (χ0) is 18.0. The van der Waals surface area contributed by atoms with Gasteiger partial charge < -0.3 is 5.32 Å². The second-order valence-corrected chi connectivity index (χ2v) is 7.05. The molecule has 1 aromatic carbocycles.